The maximum absolute atomic E-state index is 12.4. The standard InChI is InChI=1S/C24H25ClN4O3/c25-18-6-8-19(9-7-18)29-15-17(13-23(29)31)24(32)27-12-11-26-22(30)10-5-16-14-28-21-4-2-1-3-20(16)21/h1-4,6-9,14,17,28H,5,10-13,15H2,(H,26,30)(H,27,32). The number of para-hydroxylation sites is 1. The fraction of sp³-hybridized carbons (Fsp3) is 0.292. The summed E-state index contributed by atoms with van der Waals surface area (Å²) >= 11 is 5.90. The molecule has 3 amide bonds. The van der Waals surface area contributed by atoms with Crippen LogP contribution in [0.5, 0.6) is 0 Å². The monoisotopic (exact) mass is 452 g/mol. The van der Waals surface area contributed by atoms with Crippen molar-refractivity contribution in [2.75, 3.05) is 24.5 Å². The van der Waals surface area contributed by atoms with Gasteiger partial charge in [-0.3, -0.25) is 14.4 Å². The number of rotatable bonds is 8. The van der Waals surface area contributed by atoms with E-state index in [9.17, 15) is 14.4 Å². The van der Waals surface area contributed by atoms with E-state index < -0.39 is 5.92 Å². The van der Waals surface area contributed by atoms with Gasteiger partial charge in [-0.2, -0.15) is 0 Å². The van der Waals surface area contributed by atoms with E-state index in [2.05, 4.69) is 15.6 Å². The molecule has 166 valence electrons. The van der Waals surface area contributed by atoms with Crippen molar-refractivity contribution in [1.29, 1.82) is 0 Å². The maximum atomic E-state index is 12.4. The Labute approximate surface area is 191 Å². The van der Waals surface area contributed by atoms with Crippen molar-refractivity contribution in [3.05, 3.63) is 65.3 Å². The lowest BCUT2D eigenvalue weighted by molar-refractivity contribution is -0.126. The van der Waals surface area contributed by atoms with Crippen LogP contribution in [0.1, 0.15) is 18.4 Å². The van der Waals surface area contributed by atoms with Crippen molar-refractivity contribution in [2.24, 2.45) is 5.92 Å². The highest BCUT2D eigenvalue weighted by Crippen LogP contribution is 2.26. The van der Waals surface area contributed by atoms with E-state index >= 15 is 0 Å². The maximum Gasteiger partial charge on any atom is 0.227 e. The van der Waals surface area contributed by atoms with Crippen LogP contribution in [0.4, 0.5) is 5.69 Å². The van der Waals surface area contributed by atoms with Gasteiger partial charge in [0.25, 0.3) is 0 Å². The van der Waals surface area contributed by atoms with Crippen molar-refractivity contribution in [3.63, 3.8) is 0 Å². The average molecular weight is 453 g/mol. The van der Waals surface area contributed by atoms with Crippen LogP contribution in [0.3, 0.4) is 0 Å². The molecule has 0 radical (unpaired) electrons. The van der Waals surface area contributed by atoms with Gasteiger partial charge in [0.15, 0.2) is 0 Å². The number of carbonyl (C=O) groups is 3. The highest BCUT2D eigenvalue weighted by molar-refractivity contribution is 6.30. The molecule has 32 heavy (non-hydrogen) atoms. The molecule has 1 aliphatic rings. The first-order valence-electron chi connectivity index (χ1n) is 10.7. The summed E-state index contributed by atoms with van der Waals surface area (Å²) in [6.45, 7) is 1.01. The van der Waals surface area contributed by atoms with Crippen LogP contribution in [0.25, 0.3) is 10.9 Å². The van der Waals surface area contributed by atoms with Crippen molar-refractivity contribution in [2.45, 2.75) is 19.3 Å². The van der Waals surface area contributed by atoms with Crippen molar-refractivity contribution in [1.82, 2.24) is 15.6 Å². The molecule has 1 saturated heterocycles. The Morgan fingerprint density at radius 2 is 1.81 bits per heavy atom. The van der Waals surface area contributed by atoms with Gasteiger partial charge in [0.1, 0.15) is 0 Å². The molecule has 2 heterocycles. The summed E-state index contributed by atoms with van der Waals surface area (Å²) in [6.07, 6.45) is 3.13. The van der Waals surface area contributed by atoms with Crippen LogP contribution in [0.15, 0.2) is 54.7 Å². The molecule has 1 aromatic heterocycles. The van der Waals surface area contributed by atoms with Gasteiger partial charge in [0.2, 0.25) is 17.7 Å². The van der Waals surface area contributed by atoms with E-state index in [0.717, 1.165) is 22.2 Å². The molecule has 1 atom stereocenters. The molecule has 0 saturated carbocycles. The number of benzene rings is 2. The minimum absolute atomic E-state index is 0.0607. The van der Waals surface area contributed by atoms with E-state index in [0.29, 0.717) is 37.5 Å². The van der Waals surface area contributed by atoms with Gasteiger partial charge < -0.3 is 20.5 Å². The predicted octanol–water partition coefficient (Wildman–Crippen LogP) is 3.04. The Bertz CT molecular complexity index is 1130. The number of hydrogen-bond acceptors (Lipinski definition) is 3. The Kier molecular flexibility index (Phi) is 6.75. The number of halogens is 1. The third-order valence-electron chi connectivity index (χ3n) is 5.68. The van der Waals surface area contributed by atoms with Gasteiger partial charge in [-0.05, 0) is 42.3 Å². The number of fused-ring (bicyclic) bond motifs is 1. The molecule has 8 heteroatoms. The molecule has 4 rings (SSSR count). The summed E-state index contributed by atoms with van der Waals surface area (Å²) in [5.74, 6) is -0.730. The number of nitrogens with one attached hydrogen (secondary N) is 3. The molecule has 0 aliphatic carbocycles. The van der Waals surface area contributed by atoms with E-state index in [1.165, 1.54) is 0 Å². The molecular weight excluding hydrogens is 428 g/mol. The Morgan fingerprint density at radius 1 is 1.06 bits per heavy atom. The van der Waals surface area contributed by atoms with Gasteiger partial charge in [-0.25, -0.2) is 0 Å². The molecule has 1 aliphatic heterocycles. The predicted molar refractivity (Wildman–Crippen MR) is 125 cm³/mol. The topological polar surface area (TPSA) is 94.3 Å². The zero-order chi connectivity index (χ0) is 22.5. The van der Waals surface area contributed by atoms with E-state index in [1.54, 1.807) is 29.2 Å². The SMILES string of the molecule is O=C(CCc1c[nH]c2ccccc12)NCCNC(=O)C1CC(=O)N(c2ccc(Cl)cc2)C1. The van der Waals surface area contributed by atoms with Crippen LogP contribution in [0.2, 0.25) is 5.02 Å². The minimum Gasteiger partial charge on any atom is -0.361 e. The van der Waals surface area contributed by atoms with Crippen molar-refractivity contribution in [3.8, 4) is 0 Å². The smallest absolute Gasteiger partial charge is 0.227 e. The first-order valence-corrected chi connectivity index (χ1v) is 11.0. The third-order valence-corrected chi connectivity index (χ3v) is 5.93. The lowest BCUT2D eigenvalue weighted by atomic mass is 10.1. The summed E-state index contributed by atoms with van der Waals surface area (Å²) in [7, 11) is 0. The molecule has 7 nitrogen and oxygen atoms in total. The van der Waals surface area contributed by atoms with Crippen LogP contribution < -0.4 is 15.5 Å². The van der Waals surface area contributed by atoms with Gasteiger partial charge in [-0.1, -0.05) is 29.8 Å². The number of aromatic amines is 1. The van der Waals surface area contributed by atoms with Gasteiger partial charge in [0, 0.05) is 60.3 Å². The highest BCUT2D eigenvalue weighted by Gasteiger charge is 2.34. The second-order valence-electron chi connectivity index (χ2n) is 7.88. The second kappa shape index (κ2) is 9.87. The van der Waals surface area contributed by atoms with E-state index in [1.807, 2.05) is 30.5 Å². The van der Waals surface area contributed by atoms with Gasteiger partial charge in [0.05, 0.1) is 5.92 Å². The zero-order valence-electron chi connectivity index (χ0n) is 17.6. The van der Waals surface area contributed by atoms with Crippen LogP contribution >= 0.6 is 11.6 Å². The fourth-order valence-electron chi connectivity index (χ4n) is 3.96. The summed E-state index contributed by atoms with van der Waals surface area (Å²) in [5, 5.41) is 7.38. The molecule has 3 aromatic rings. The largest absolute Gasteiger partial charge is 0.361 e. The lowest BCUT2D eigenvalue weighted by Gasteiger charge is -2.16. The van der Waals surface area contributed by atoms with Crippen LogP contribution in [-0.4, -0.2) is 42.3 Å². The van der Waals surface area contributed by atoms with Crippen LogP contribution in [0, 0.1) is 5.92 Å². The number of carbonyl (C=O) groups excluding carboxylic acids is 3. The quantitative estimate of drug-likeness (QED) is 0.458. The first-order chi connectivity index (χ1) is 15.5. The minimum atomic E-state index is -0.407. The zero-order valence-corrected chi connectivity index (χ0v) is 18.3. The molecule has 0 bridgehead atoms. The number of aryl methyl sites for hydroxylation is 1. The fourth-order valence-corrected chi connectivity index (χ4v) is 4.09. The normalized spacial score (nSPS) is 15.8. The summed E-state index contributed by atoms with van der Waals surface area (Å²) < 4.78 is 0. The molecule has 1 fully saturated rings. The second-order valence-corrected chi connectivity index (χ2v) is 8.32. The number of anilines is 1. The molecular formula is C24H25ClN4O3. The number of hydrogen-bond donors (Lipinski definition) is 3. The molecule has 1 unspecified atom stereocenters. The summed E-state index contributed by atoms with van der Waals surface area (Å²) in [5.41, 5.74) is 2.91. The third kappa shape index (κ3) is 5.11. The number of amides is 3. The van der Waals surface area contributed by atoms with E-state index in [4.69, 9.17) is 11.6 Å². The molecule has 0 spiro atoms. The van der Waals surface area contributed by atoms with Crippen molar-refractivity contribution < 1.29 is 14.4 Å². The van der Waals surface area contributed by atoms with Gasteiger partial charge >= 0.3 is 0 Å². The molecule has 2 aromatic carbocycles. The number of nitrogens with zero attached hydrogens (tertiary/aromatic N) is 1. The number of H-pyrrole nitrogens is 1. The highest BCUT2D eigenvalue weighted by atomic mass is 35.5. The molecule has 3 N–H and O–H groups in total. The Hall–Kier alpha value is -3.32. The Morgan fingerprint density at radius 3 is 2.62 bits per heavy atom. The first kappa shape index (κ1) is 21.9. The summed E-state index contributed by atoms with van der Waals surface area (Å²) in [6, 6.07) is 15.0. The van der Waals surface area contributed by atoms with E-state index in [-0.39, 0.29) is 24.1 Å². The summed E-state index contributed by atoms with van der Waals surface area (Å²) in [4.78, 5) is 41.7. The van der Waals surface area contributed by atoms with Crippen LogP contribution in [-0.2, 0) is 20.8 Å². The average Bonchev–Trinajstić information content (AvgIpc) is 3.39. The van der Waals surface area contributed by atoms with Gasteiger partial charge in [-0.15, -0.1) is 0 Å². The number of aromatic nitrogens is 1. The Balaban J connectivity index is 1.17. The van der Waals surface area contributed by atoms with Crippen molar-refractivity contribution >= 4 is 45.9 Å². The lowest BCUT2D eigenvalue weighted by Crippen LogP contribution is -2.38.